The highest BCUT2D eigenvalue weighted by Gasteiger charge is 2.20. The molecule has 0 saturated heterocycles. The molecule has 0 aromatic heterocycles. The first-order chi connectivity index (χ1) is 16.7. The van der Waals surface area contributed by atoms with E-state index in [4.69, 9.17) is 4.74 Å². The van der Waals surface area contributed by atoms with Crippen molar-refractivity contribution in [3.8, 4) is 28.7 Å². The number of ether oxygens (including phenoxy) is 1. The highest BCUT2D eigenvalue weighted by molar-refractivity contribution is 5.65. The molecule has 1 fully saturated rings. The van der Waals surface area contributed by atoms with Gasteiger partial charge in [-0.05, 0) is 97.0 Å². The zero-order chi connectivity index (χ0) is 23.6. The van der Waals surface area contributed by atoms with Crippen molar-refractivity contribution in [3.05, 3.63) is 89.5 Å². The Morgan fingerprint density at radius 3 is 1.79 bits per heavy atom. The average Bonchev–Trinajstić information content (AvgIpc) is 2.91. The van der Waals surface area contributed by atoms with Crippen molar-refractivity contribution in [3.63, 3.8) is 0 Å². The van der Waals surface area contributed by atoms with Gasteiger partial charge in [0, 0.05) is 11.1 Å². The van der Waals surface area contributed by atoms with E-state index in [1.165, 1.54) is 61.6 Å². The van der Waals surface area contributed by atoms with Crippen molar-refractivity contribution in [1.82, 2.24) is 0 Å². The Balaban J connectivity index is 1.32. The van der Waals surface area contributed by atoms with Gasteiger partial charge in [0.05, 0.1) is 6.61 Å². The van der Waals surface area contributed by atoms with Gasteiger partial charge in [0.2, 0.25) is 0 Å². The van der Waals surface area contributed by atoms with E-state index in [1.807, 2.05) is 0 Å². The van der Waals surface area contributed by atoms with Crippen LogP contribution in [0.15, 0.2) is 72.8 Å². The molecule has 0 unspecified atom stereocenters. The van der Waals surface area contributed by atoms with E-state index in [1.54, 1.807) is 0 Å². The van der Waals surface area contributed by atoms with Gasteiger partial charge in [0.1, 0.15) is 5.75 Å². The summed E-state index contributed by atoms with van der Waals surface area (Å²) in [5.74, 6) is 9.29. The minimum atomic E-state index is 0.735. The molecule has 176 valence electrons. The van der Waals surface area contributed by atoms with Crippen molar-refractivity contribution in [2.75, 3.05) is 6.61 Å². The summed E-state index contributed by atoms with van der Waals surface area (Å²) in [5.41, 5.74) is 6.02. The monoisotopic (exact) mass is 450 g/mol. The van der Waals surface area contributed by atoms with E-state index < -0.39 is 0 Å². The summed E-state index contributed by atoms with van der Waals surface area (Å²) in [6, 6.07) is 25.9. The van der Waals surface area contributed by atoms with Gasteiger partial charge >= 0.3 is 0 Å². The molecule has 3 aromatic rings. The lowest BCUT2D eigenvalue weighted by Gasteiger charge is -2.28. The first kappa shape index (κ1) is 24.2. The molecular weight excluding hydrogens is 412 g/mol. The van der Waals surface area contributed by atoms with Crippen molar-refractivity contribution in [2.45, 2.75) is 71.1 Å². The Labute approximate surface area is 206 Å². The summed E-state index contributed by atoms with van der Waals surface area (Å²) in [5, 5.41) is 0. The predicted molar refractivity (Wildman–Crippen MR) is 144 cm³/mol. The number of unbranched alkanes of at least 4 members (excludes halogenated alkanes) is 2. The van der Waals surface area contributed by atoms with Gasteiger partial charge in [-0.15, -0.1) is 0 Å². The van der Waals surface area contributed by atoms with E-state index in [0.717, 1.165) is 41.7 Å². The van der Waals surface area contributed by atoms with Crippen LogP contribution >= 0.6 is 0 Å². The van der Waals surface area contributed by atoms with Crippen LogP contribution < -0.4 is 4.74 Å². The molecule has 3 aromatic carbocycles. The van der Waals surface area contributed by atoms with Gasteiger partial charge in [0.15, 0.2) is 0 Å². The molecule has 0 aliphatic heterocycles. The lowest BCUT2D eigenvalue weighted by atomic mass is 9.78. The third-order valence-electron chi connectivity index (χ3n) is 7.25. The molecule has 0 spiro atoms. The Morgan fingerprint density at radius 2 is 1.24 bits per heavy atom. The second-order valence-electron chi connectivity index (χ2n) is 9.66. The number of hydrogen-bond donors (Lipinski definition) is 0. The molecule has 0 N–H and O–H groups in total. The summed E-state index contributed by atoms with van der Waals surface area (Å²) >= 11 is 0. The number of rotatable bonds is 8. The highest BCUT2D eigenvalue weighted by atomic mass is 16.5. The first-order valence-corrected chi connectivity index (χ1v) is 13.2. The summed E-state index contributed by atoms with van der Waals surface area (Å²) in [6.07, 6.45) is 10.3. The largest absolute Gasteiger partial charge is 0.494 e. The molecule has 1 aliphatic rings. The van der Waals surface area contributed by atoms with Crippen LogP contribution in [0.25, 0.3) is 11.1 Å². The standard InChI is InChI=1S/C33H38O/c1-3-5-6-25-34-33-23-21-32(22-24-33)31-19-13-28(14-20-31)8-7-27-11-17-30(18-12-27)29-15-9-26(4-2)10-16-29/h11-14,17-24,26,29H,3-6,9-10,15-16,25H2,1-2H3/t26-,29-. The van der Waals surface area contributed by atoms with Crippen LogP contribution in [0, 0.1) is 17.8 Å². The predicted octanol–water partition coefficient (Wildman–Crippen LogP) is 9.01. The summed E-state index contributed by atoms with van der Waals surface area (Å²) in [7, 11) is 0. The lowest BCUT2D eigenvalue weighted by molar-refractivity contribution is 0.306. The molecule has 0 atom stereocenters. The lowest BCUT2D eigenvalue weighted by Crippen LogP contribution is -2.12. The normalized spacial score (nSPS) is 17.6. The topological polar surface area (TPSA) is 9.23 Å². The fourth-order valence-electron chi connectivity index (χ4n) is 4.92. The minimum absolute atomic E-state index is 0.735. The van der Waals surface area contributed by atoms with Crippen molar-refractivity contribution < 1.29 is 4.74 Å². The van der Waals surface area contributed by atoms with E-state index in [9.17, 15) is 0 Å². The van der Waals surface area contributed by atoms with Crippen LogP contribution in [0.3, 0.4) is 0 Å². The van der Waals surface area contributed by atoms with Crippen molar-refractivity contribution in [2.24, 2.45) is 5.92 Å². The minimum Gasteiger partial charge on any atom is -0.494 e. The fourth-order valence-corrected chi connectivity index (χ4v) is 4.92. The van der Waals surface area contributed by atoms with Crippen LogP contribution in [-0.4, -0.2) is 6.61 Å². The van der Waals surface area contributed by atoms with Gasteiger partial charge in [-0.1, -0.05) is 81.3 Å². The molecule has 1 heteroatoms. The van der Waals surface area contributed by atoms with Crippen LogP contribution in [-0.2, 0) is 0 Å². The van der Waals surface area contributed by atoms with Crippen molar-refractivity contribution >= 4 is 0 Å². The molecule has 0 heterocycles. The molecule has 1 saturated carbocycles. The van der Waals surface area contributed by atoms with Gasteiger partial charge < -0.3 is 4.74 Å². The molecule has 1 nitrogen and oxygen atoms in total. The number of benzene rings is 3. The Kier molecular flexibility index (Phi) is 8.86. The summed E-state index contributed by atoms with van der Waals surface area (Å²) < 4.78 is 5.82. The Morgan fingerprint density at radius 1 is 0.676 bits per heavy atom. The SMILES string of the molecule is CCCCCOc1ccc(-c2ccc(C#Cc3ccc([C@H]4CC[C@H](CC)CC4)cc3)cc2)cc1. The van der Waals surface area contributed by atoms with E-state index in [-0.39, 0.29) is 0 Å². The molecule has 4 rings (SSSR count). The maximum Gasteiger partial charge on any atom is 0.119 e. The highest BCUT2D eigenvalue weighted by Crippen LogP contribution is 2.36. The molecule has 0 bridgehead atoms. The first-order valence-electron chi connectivity index (χ1n) is 13.2. The zero-order valence-corrected chi connectivity index (χ0v) is 20.9. The molecule has 1 aliphatic carbocycles. The summed E-state index contributed by atoms with van der Waals surface area (Å²) in [4.78, 5) is 0. The second kappa shape index (κ2) is 12.5. The quantitative estimate of drug-likeness (QED) is 0.246. The van der Waals surface area contributed by atoms with E-state index in [2.05, 4.69) is 98.5 Å². The number of hydrogen-bond acceptors (Lipinski definition) is 1. The van der Waals surface area contributed by atoms with Crippen LogP contribution in [0.1, 0.15) is 87.8 Å². The van der Waals surface area contributed by atoms with Gasteiger partial charge in [0.25, 0.3) is 0 Å². The fraction of sp³-hybridized carbons (Fsp3) is 0.394. The molecular formula is C33H38O. The third-order valence-corrected chi connectivity index (χ3v) is 7.25. The van der Waals surface area contributed by atoms with Crippen LogP contribution in [0.5, 0.6) is 5.75 Å². The van der Waals surface area contributed by atoms with Crippen molar-refractivity contribution in [1.29, 1.82) is 0 Å². The Bertz CT molecular complexity index is 1060. The van der Waals surface area contributed by atoms with E-state index >= 15 is 0 Å². The molecule has 0 amide bonds. The second-order valence-corrected chi connectivity index (χ2v) is 9.66. The molecule has 34 heavy (non-hydrogen) atoms. The summed E-state index contributed by atoms with van der Waals surface area (Å²) in [6.45, 7) is 5.33. The third kappa shape index (κ3) is 6.77. The van der Waals surface area contributed by atoms with Gasteiger partial charge in [-0.2, -0.15) is 0 Å². The maximum atomic E-state index is 5.82. The van der Waals surface area contributed by atoms with Crippen LogP contribution in [0.2, 0.25) is 0 Å². The average molecular weight is 451 g/mol. The van der Waals surface area contributed by atoms with Gasteiger partial charge in [-0.25, -0.2) is 0 Å². The smallest absolute Gasteiger partial charge is 0.119 e. The maximum absolute atomic E-state index is 5.82. The Hall–Kier alpha value is -2.98. The van der Waals surface area contributed by atoms with Gasteiger partial charge in [-0.3, -0.25) is 0 Å². The van der Waals surface area contributed by atoms with E-state index in [0.29, 0.717) is 0 Å². The van der Waals surface area contributed by atoms with Crippen LogP contribution in [0.4, 0.5) is 0 Å². The molecule has 0 radical (unpaired) electrons. The zero-order valence-electron chi connectivity index (χ0n) is 20.9.